The number of aliphatic hydroxyl groups excluding tert-OH is 1. The molecule has 1 saturated carbocycles. The highest BCUT2D eigenvalue weighted by molar-refractivity contribution is 5.86. The minimum Gasteiger partial charge on any atom is -0.457 e. The van der Waals surface area contributed by atoms with Gasteiger partial charge in [-0.15, -0.1) is 0 Å². The summed E-state index contributed by atoms with van der Waals surface area (Å²) in [7, 11) is 0. The Balaban J connectivity index is 1.77. The molecule has 0 radical (unpaired) electrons. The van der Waals surface area contributed by atoms with Crippen molar-refractivity contribution in [3.8, 4) is 11.5 Å². The fraction of sp³-hybridized carbons (Fsp3) is 0.333. The monoisotopic (exact) mass is 321 g/mol. The van der Waals surface area contributed by atoms with E-state index in [0.717, 1.165) is 22.7 Å². The second-order valence-corrected chi connectivity index (χ2v) is 6.68. The molecule has 0 bridgehead atoms. The second kappa shape index (κ2) is 6.70. The molecule has 0 saturated heterocycles. The van der Waals surface area contributed by atoms with Gasteiger partial charge in [-0.1, -0.05) is 37.5 Å². The van der Waals surface area contributed by atoms with E-state index in [4.69, 9.17) is 4.74 Å². The Morgan fingerprint density at radius 1 is 0.958 bits per heavy atom. The minimum atomic E-state index is 0.0354. The van der Waals surface area contributed by atoms with Crippen molar-refractivity contribution in [2.24, 2.45) is 0 Å². The molecule has 2 N–H and O–H groups in total. The van der Waals surface area contributed by atoms with Crippen LogP contribution in [0.3, 0.4) is 0 Å². The molecule has 0 spiro atoms. The average molecular weight is 321 g/mol. The van der Waals surface area contributed by atoms with E-state index in [2.05, 4.69) is 17.1 Å². The number of H-pyrrole nitrogens is 1. The number of aromatic nitrogens is 1. The number of fused-ring (bicyclic) bond motifs is 1. The Labute approximate surface area is 142 Å². The zero-order chi connectivity index (χ0) is 16.4. The second-order valence-electron chi connectivity index (χ2n) is 6.68. The van der Waals surface area contributed by atoms with Crippen LogP contribution in [0, 0.1) is 0 Å². The van der Waals surface area contributed by atoms with Crippen LogP contribution in [-0.4, -0.2) is 10.1 Å². The maximum atomic E-state index is 9.48. The van der Waals surface area contributed by atoms with Gasteiger partial charge in [0.1, 0.15) is 11.5 Å². The highest BCUT2D eigenvalue weighted by Crippen LogP contribution is 2.39. The Morgan fingerprint density at radius 2 is 1.75 bits per heavy atom. The smallest absolute Gasteiger partial charge is 0.129 e. The minimum absolute atomic E-state index is 0.0354. The first-order chi connectivity index (χ1) is 11.8. The van der Waals surface area contributed by atoms with Crippen LogP contribution in [-0.2, 0) is 6.61 Å². The molecule has 0 unspecified atom stereocenters. The number of rotatable bonds is 4. The third-order valence-electron chi connectivity index (χ3n) is 4.99. The molecular formula is C21H23NO2. The van der Waals surface area contributed by atoms with Crippen molar-refractivity contribution in [3.63, 3.8) is 0 Å². The van der Waals surface area contributed by atoms with Crippen LogP contribution >= 0.6 is 0 Å². The highest BCUT2D eigenvalue weighted by Gasteiger charge is 2.20. The predicted molar refractivity (Wildman–Crippen MR) is 96.6 cm³/mol. The van der Waals surface area contributed by atoms with Crippen molar-refractivity contribution in [2.45, 2.75) is 44.6 Å². The number of hydrogen-bond donors (Lipinski definition) is 2. The maximum absolute atomic E-state index is 9.48. The fourth-order valence-corrected chi connectivity index (χ4v) is 3.82. The Morgan fingerprint density at radius 3 is 2.50 bits per heavy atom. The molecule has 3 aromatic rings. The van der Waals surface area contributed by atoms with E-state index < -0.39 is 0 Å². The first-order valence-corrected chi connectivity index (χ1v) is 8.83. The van der Waals surface area contributed by atoms with Crippen LogP contribution in [0.15, 0.2) is 48.5 Å². The van der Waals surface area contributed by atoms with Gasteiger partial charge < -0.3 is 14.8 Å². The number of aromatic amines is 1. The first kappa shape index (κ1) is 15.3. The Kier molecular flexibility index (Phi) is 4.26. The van der Waals surface area contributed by atoms with Gasteiger partial charge in [0.25, 0.3) is 0 Å². The van der Waals surface area contributed by atoms with Crippen LogP contribution < -0.4 is 4.74 Å². The first-order valence-electron chi connectivity index (χ1n) is 8.83. The van der Waals surface area contributed by atoms with Gasteiger partial charge in [-0.25, -0.2) is 0 Å². The predicted octanol–water partition coefficient (Wildman–Crippen LogP) is 5.50. The molecule has 1 aliphatic carbocycles. The van der Waals surface area contributed by atoms with Gasteiger partial charge >= 0.3 is 0 Å². The van der Waals surface area contributed by atoms with Crippen LogP contribution in [0.1, 0.15) is 49.3 Å². The molecule has 1 fully saturated rings. The number of benzene rings is 2. The van der Waals surface area contributed by atoms with Crippen molar-refractivity contribution in [3.05, 3.63) is 59.8 Å². The van der Waals surface area contributed by atoms with Crippen LogP contribution in [0.2, 0.25) is 0 Å². The average Bonchev–Trinajstić information content (AvgIpc) is 3.06. The van der Waals surface area contributed by atoms with E-state index in [9.17, 15) is 5.11 Å². The summed E-state index contributed by atoms with van der Waals surface area (Å²) >= 11 is 0. The molecule has 24 heavy (non-hydrogen) atoms. The molecule has 124 valence electrons. The fourth-order valence-electron chi connectivity index (χ4n) is 3.82. The largest absolute Gasteiger partial charge is 0.457 e. The summed E-state index contributed by atoms with van der Waals surface area (Å²) in [5.41, 5.74) is 3.26. The summed E-state index contributed by atoms with van der Waals surface area (Å²) in [6.45, 7) is 0.0354. The van der Waals surface area contributed by atoms with Gasteiger partial charge in [0.15, 0.2) is 0 Å². The lowest BCUT2D eigenvalue weighted by molar-refractivity contribution is 0.278. The summed E-state index contributed by atoms with van der Waals surface area (Å²) in [6.07, 6.45) is 6.42. The molecule has 0 amide bonds. The molecule has 2 aromatic carbocycles. The zero-order valence-electron chi connectivity index (χ0n) is 13.8. The van der Waals surface area contributed by atoms with E-state index in [1.54, 1.807) is 0 Å². The maximum Gasteiger partial charge on any atom is 0.129 e. The lowest BCUT2D eigenvalue weighted by Gasteiger charge is -2.23. The highest BCUT2D eigenvalue weighted by atomic mass is 16.5. The summed E-state index contributed by atoms with van der Waals surface area (Å²) in [5.74, 6) is 2.30. The van der Waals surface area contributed by atoms with Crippen LogP contribution in [0.25, 0.3) is 10.9 Å². The van der Waals surface area contributed by atoms with Crippen molar-refractivity contribution < 1.29 is 9.84 Å². The van der Waals surface area contributed by atoms with Crippen molar-refractivity contribution in [1.29, 1.82) is 0 Å². The lowest BCUT2D eigenvalue weighted by Crippen LogP contribution is -2.05. The quantitative estimate of drug-likeness (QED) is 0.666. The van der Waals surface area contributed by atoms with E-state index in [-0.39, 0.29) is 6.61 Å². The summed E-state index contributed by atoms with van der Waals surface area (Å²) < 4.78 is 6.08. The van der Waals surface area contributed by atoms with Gasteiger partial charge in [0.05, 0.1) is 6.61 Å². The number of aliphatic hydroxyl groups is 1. The third-order valence-corrected chi connectivity index (χ3v) is 4.99. The van der Waals surface area contributed by atoms with Gasteiger partial charge in [-0.2, -0.15) is 0 Å². The topological polar surface area (TPSA) is 45.2 Å². The molecule has 3 heteroatoms. The van der Waals surface area contributed by atoms with Crippen LogP contribution in [0.4, 0.5) is 0 Å². The molecular weight excluding hydrogens is 298 g/mol. The normalized spacial score (nSPS) is 15.7. The molecule has 1 aliphatic rings. The van der Waals surface area contributed by atoms with Crippen molar-refractivity contribution in [1.82, 2.24) is 4.98 Å². The summed E-state index contributed by atoms with van der Waals surface area (Å²) in [4.78, 5) is 3.32. The molecule has 1 aromatic heterocycles. The third kappa shape index (κ3) is 3.04. The van der Waals surface area contributed by atoms with E-state index >= 15 is 0 Å². The van der Waals surface area contributed by atoms with Gasteiger partial charge in [0, 0.05) is 22.7 Å². The molecule has 3 nitrogen and oxygen atoms in total. The van der Waals surface area contributed by atoms with Crippen molar-refractivity contribution >= 4 is 10.9 Å². The molecule has 4 rings (SSSR count). The number of nitrogens with one attached hydrogen (secondary N) is 1. The summed E-state index contributed by atoms with van der Waals surface area (Å²) in [5, 5.41) is 10.7. The number of hydrogen-bond acceptors (Lipinski definition) is 2. The zero-order valence-corrected chi connectivity index (χ0v) is 13.8. The number of para-hydroxylation sites is 1. The van der Waals surface area contributed by atoms with Gasteiger partial charge in [-0.05, 0) is 48.6 Å². The van der Waals surface area contributed by atoms with E-state index in [1.807, 2.05) is 36.4 Å². The molecule has 0 aliphatic heterocycles. The number of ether oxygens (including phenoxy) is 1. The molecule has 1 heterocycles. The van der Waals surface area contributed by atoms with E-state index in [1.165, 1.54) is 43.1 Å². The van der Waals surface area contributed by atoms with Crippen molar-refractivity contribution in [2.75, 3.05) is 0 Å². The van der Waals surface area contributed by atoms with Gasteiger partial charge in [-0.3, -0.25) is 0 Å². The van der Waals surface area contributed by atoms with E-state index in [0.29, 0.717) is 5.92 Å². The summed E-state index contributed by atoms with van der Waals surface area (Å²) in [6, 6.07) is 16.2. The Bertz CT molecular complexity index is 816. The molecule has 0 atom stereocenters. The van der Waals surface area contributed by atoms with Gasteiger partial charge in [0.2, 0.25) is 0 Å². The van der Waals surface area contributed by atoms with Crippen LogP contribution in [0.5, 0.6) is 11.5 Å². The lowest BCUT2D eigenvalue weighted by atomic mass is 9.82. The Hall–Kier alpha value is -2.26. The SMILES string of the molecule is OCc1cc2c(C3CCCCC3)cc(Oc3ccccc3)cc2[nH]1. The standard InChI is InChI=1S/C21H23NO2/c23-14-16-11-20-19(15-7-3-1-4-8-15)12-18(13-21(20)22-16)24-17-9-5-2-6-10-17/h2,5-6,9-13,15,22-23H,1,3-4,7-8,14H2.